The number of hydrogen-bond donors (Lipinski definition) is 0. The Hall–Kier alpha value is -2.81. The average molecular weight is 333 g/mol. The second-order valence-corrected chi connectivity index (χ2v) is 6.33. The first-order valence-electron chi connectivity index (χ1n) is 8.61. The number of hydrogen-bond acceptors (Lipinski definition) is 2. The lowest BCUT2D eigenvalue weighted by Crippen LogP contribution is -2.30. The molecule has 0 radical (unpaired) electrons. The largest absolute Gasteiger partial charge is 0.467 e. The summed E-state index contributed by atoms with van der Waals surface area (Å²) in [5.41, 5.74) is 2.31. The van der Waals surface area contributed by atoms with E-state index >= 15 is 0 Å². The first-order chi connectivity index (χ1) is 12.2. The summed E-state index contributed by atoms with van der Waals surface area (Å²) in [5, 5.41) is 0. The third-order valence-corrected chi connectivity index (χ3v) is 4.35. The minimum absolute atomic E-state index is 0.136. The maximum Gasteiger partial charge on any atom is 0.223 e. The maximum absolute atomic E-state index is 12.9. The van der Waals surface area contributed by atoms with Crippen LogP contribution in [0.15, 0.2) is 83.5 Å². The fraction of sp³-hybridized carbons (Fsp3) is 0.227. The standard InChI is InChI=1S/C22H23NO2/c1-18(20-11-6-3-7-12-20)15-22(24)23(17-21-13-8-14-25-21)16-19-9-4-2-5-10-19/h2-14,18H,15-17H2,1H3. The van der Waals surface area contributed by atoms with Crippen molar-refractivity contribution in [3.63, 3.8) is 0 Å². The molecular formula is C22H23NO2. The van der Waals surface area contributed by atoms with Gasteiger partial charge in [-0.1, -0.05) is 67.6 Å². The first kappa shape index (κ1) is 17.0. The van der Waals surface area contributed by atoms with Crippen LogP contribution in [0.1, 0.15) is 36.1 Å². The lowest BCUT2D eigenvalue weighted by Gasteiger charge is -2.24. The van der Waals surface area contributed by atoms with Crippen molar-refractivity contribution in [2.75, 3.05) is 0 Å². The van der Waals surface area contributed by atoms with Gasteiger partial charge in [0, 0.05) is 13.0 Å². The molecule has 0 spiro atoms. The van der Waals surface area contributed by atoms with Gasteiger partial charge in [0.15, 0.2) is 0 Å². The maximum atomic E-state index is 12.9. The summed E-state index contributed by atoms with van der Waals surface area (Å²) in [6, 6.07) is 24.0. The van der Waals surface area contributed by atoms with Crippen LogP contribution in [0.2, 0.25) is 0 Å². The summed E-state index contributed by atoms with van der Waals surface area (Å²) in [5.74, 6) is 1.12. The molecule has 3 heteroatoms. The lowest BCUT2D eigenvalue weighted by atomic mass is 9.97. The summed E-state index contributed by atoms with van der Waals surface area (Å²) in [7, 11) is 0. The Labute approximate surface area is 148 Å². The van der Waals surface area contributed by atoms with Gasteiger partial charge in [-0.2, -0.15) is 0 Å². The predicted molar refractivity (Wildman–Crippen MR) is 98.9 cm³/mol. The summed E-state index contributed by atoms with van der Waals surface area (Å²) in [6.07, 6.45) is 2.13. The van der Waals surface area contributed by atoms with Gasteiger partial charge < -0.3 is 9.32 Å². The van der Waals surface area contributed by atoms with Crippen molar-refractivity contribution >= 4 is 5.91 Å². The molecule has 1 heterocycles. The zero-order valence-corrected chi connectivity index (χ0v) is 14.5. The molecule has 0 aliphatic rings. The van der Waals surface area contributed by atoms with Crippen LogP contribution in [0.5, 0.6) is 0 Å². The normalized spacial score (nSPS) is 11.9. The van der Waals surface area contributed by atoms with Crippen molar-refractivity contribution in [3.8, 4) is 0 Å². The molecule has 0 saturated heterocycles. The van der Waals surface area contributed by atoms with Crippen LogP contribution in [0.25, 0.3) is 0 Å². The Morgan fingerprint density at radius 1 is 0.920 bits per heavy atom. The smallest absolute Gasteiger partial charge is 0.223 e. The van der Waals surface area contributed by atoms with Crippen molar-refractivity contribution < 1.29 is 9.21 Å². The fourth-order valence-electron chi connectivity index (χ4n) is 2.92. The monoisotopic (exact) mass is 333 g/mol. The Morgan fingerprint density at radius 3 is 2.24 bits per heavy atom. The summed E-state index contributed by atoms with van der Waals surface area (Å²) in [4.78, 5) is 14.8. The van der Waals surface area contributed by atoms with Crippen molar-refractivity contribution in [2.45, 2.75) is 32.4 Å². The molecular weight excluding hydrogens is 310 g/mol. The minimum atomic E-state index is 0.136. The molecule has 1 unspecified atom stereocenters. The van der Waals surface area contributed by atoms with E-state index in [9.17, 15) is 4.79 Å². The van der Waals surface area contributed by atoms with Gasteiger partial charge in [0.05, 0.1) is 12.8 Å². The summed E-state index contributed by atoms with van der Waals surface area (Å²) < 4.78 is 5.45. The van der Waals surface area contributed by atoms with Gasteiger partial charge in [-0.15, -0.1) is 0 Å². The molecule has 0 aliphatic carbocycles. The van der Waals surface area contributed by atoms with E-state index in [0.717, 1.165) is 11.3 Å². The molecule has 128 valence electrons. The highest BCUT2D eigenvalue weighted by Crippen LogP contribution is 2.21. The summed E-state index contributed by atoms with van der Waals surface area (Å²) in [6.45, 7) is 3.17. The van der Waals surface area contributed by atoms with Crippen LogP contribution < -0.4 is 0 Å². The number of benzene rings is 2. The third-order valence-electron chi connectivity index (χ3n) is 4.35. The molecule has 3 rings (SSSR count). The van der Waals surface area contributed by atoms with Gasteiger partial charge in [0.2, 0.25) is 5.91 Å². The number of carbonyl (C=O) groups excluding carboxylic acids is 1. The molecule has 0 N–H and O–H groups in total. The number of nitrogens with zero attached hydrogens (tertiary/aromatic N) is 1. The number of rotatable bonds is 7. The fourth-order valence-corrected chi connectivity index (χ4v) is 2.92. The third kappa shape index (κ3) is 4.83. The highest BCUT2D eigenvalue weighted by atomic mass is 16.3. The van der Waals surface area contributed by atoms with Crippen LogP contribution in [0.4, 0.5) is 0 Å². The average Bonchev–Trinajstić information content (AvgIpc) is 3.16. The highest BCUT2D eigenvalue weighted by Gasteiger charge is 2.19. The highest BCUT2D eigenvalue weighted by molar-refractivity contribution is 5.77. The van der Waals surface area contributed by atoms with Crippen LogP contribution in [-0.4, -0.2) is 10.8 Å². The van der Waals surface area contributed by atoms with E-state index in [4.69, 9.17) is 4.42 Å². The van der Waals surface area contributed by atoms with Gasteiger partial charge in [-0.05, 0) is 29.2 Å². The van der Waals surface area contributed by atoms with Crippen LogP contribution in [0, 0.1) is 0 Å². The first-order valence-corrected chi connectivity index (χ1v) is 8.61. The van der Waals surface area contributed by atoms with E-state index in [1.165, 1.54) is 5.56 Å². The van der Waals surface area contributed by atoms with Crippen molar-refractivity contribution in [2.24, 2.45) is 0 Å². The van der Waals surface area contributed by atoms with Gasteiger partial charge >= 0.3 is 0 Å². The van der Waals surface area contributed by atoms with Crippen LogP contribution in [-0.2, 0) is 17.9 Å². The number of furan rings is 1. The minimum Gasteiger partial charge on any atom is -0.467 e. The van der Waals surface area contributed by atoms with Crippen LogP contribution >= 0.6 is 0 Å². The topological polar surface area (TPSA) is 33.5 Å². The van der Waals surface area contributed by atoms with E-state index in [-0.39, 0.29) is 11.8 Å². The predicted octanol–water partition coefficient (Wildman–Crippen LogP) is 5.00. The number of carbonyl (C=O) groups is 1. The second kappa shape index (κ2) is 8.34. The molecule has 1 amide bonds. The van der Waals surface area contributed by atoms with E-state index in [1.807, 2.05) is 65.6 Å². The van der Waals surface area contributed by atoms with Gasteiger partial charge in [0.1, 0.15) is 5.76 Å². The van der Waals surface area contributed by atoms with E-state index in [2.05, 4.69) is 19.1 Å². The molecule has 1 aromatic heterocycles. The van der Waals surface area contributed by atoms with Crippen LogP contribution in [0.3, 0.4) is 0 Å². The lowest BCUT2D eigenvalue weighted by molar-refractivity contribution is -0.133. The molecule has 2 aromatic carbocycles. The molecule has 25 heavy (non-hydrogen) atoms. The van der Waals surface area contributed by atoms with E-state index in [0.29, 0.717) is 19.5 Å². The van der Waals surface area contributed by atoms with Crippen molar-refractivity contribution in [3.05, 3.63) is 95.9 Å². The van der Waals surface area contributed by atoms with E-state index in [1.54, 1.807) is 6.26 Å². The van der Waals surface area contributed by atoms with Crippen molar-refractivity contribution in [1.29, 1.82) is 0 Å². The molecule has 0 fully saturated rings. The Bertz CT molecular complexity index is 766. The molecule has 3 nitrogen and oxygen atoms in total. The van der Waals surface area contributed by atoms with Gasteiger partial charge in [0.25, 0.3) is 0 Å². The Kier molecular flexibility index (Phi) is 5.68. The number of amides is 1. The van der Waals surface area contributed by atoms with Crippen molar-refractivity contribution in [1.82, 2.24) is 4.90 Å². The molecule has 0 bridgehead atoms. The van der Waals surface area contributed by atoms with Gasteiger partial charge in [-0.3, -0.25) is 4.79 Å². The molecule has 3 aromatic rings. The summed E-state index contributed by atoms with van der Waals surface area (Å²) >= 11 is 0. The van der Waals surface area contributed by atoms with E-state index < -0.39 is 0 Å². The quantitative estimate of drug-likeness (QED) is 0.609. The zero-order chi connectivity index (χ0) is 17.5. The molecule has 0 saturated carbocycles. The Balaban J connectivity index is 1.72. The van der Waals surface area contributed by atoms with Gasteiger partial charge in [-0.25, -0.2) is 0 Å². The zero-order valence-electron chi connectivity index (χ0n) is 14.5. The SMILES string of the molecule is CC(CC(=O)N(Cc1ccccc1)Cc1ccco1)c1ccccc1. The molecule has 1 atom stereocenters. The Morgan fingerprint density at radius 2 is 1.60 bits per heavy atom. The molecule has 0 aliphatic heterocycles. The second-order valence-electron chi connectivity index (χ2n) is 6.33.